The van der Waals surface area contributed by atoms with Gasteiger partial charge in [-0.1, -0.05) is 26.8 Å². The molecule has 1 aromatic carbocycles. The SMILES string of the molecule is CNc1ccc(-c2c(C(C)(C)C)nc3c(N4CCOCC4)nccn23)cc1CC=O. The summed E-state index contributed by atoms with van der Waals surface area (Å²) < 4.78 is 7.65. The van der Waals surface area contributed by atoms with E-state index in [1.54, 1.807) is 0 Å². The van der Waals surface area contributed by atoms with Crippen LogP contribution in [0.5, 0.6) is 0 Å². The Morgan fingerprint density at radius 1 is 1.23 bits per heavy atom. The zero-order valence-electron chi connectivity index (χ0n) is 18.1. The zero-order chi connectivity index (χ0) is 21.3. The van der Waals surface area contributed by atoms with E-state index in [-0.39, 0.29) is 5.41 Å². The number of nitrogens with zero attached hydrogens (tertiary/aromatic N) is 4. The summed E-state index contributed by atoms with van der Waals surface area (Å²) in [6, 6.07) is 6.21. The van der Waals surface area contributed by atoms with Crippen LogP contribution in [0, 0.1) is 0 Å². The summed E-state index contributed by atoms with van der Waals surface area (Å²) in [5.74, 6) is 0.887. The molecule has 1 aliphatic heterocycles. The number of aromatic nitrogens is 3. The highest BCUT2D eigenvalue weighted by Gasteiger charge is 2.28. The summed E-state index contributed by atoms with van der Waals surface area (Å²) >= 11 is 0. The Hall–Kier alpha value is -2.93. The van der Waals surface area contributed by atoms with E-state index in [4.69, 9.17) is 9.72 Å². The smallest absolute Gasteiger partial charge is 0.181 e. The third-order valence-corrected chi connectivity index (χ3v) is 5.50. The van der Waals surface area contributed by atoms with Gasteiger partial charge in [-0.3, -0.25) is 4.40 Å². The monoisotopic (exact) mass is 407 g/mol. The van der Waals surface area contributed by atoms with E-state index in [9.17, 15) is 4.79 Å². The lowest BCUT2D eigenvalue weighted by atomic mass is 9.88. The Morgan fingerprint density at radius 3 is 2.67 bits per heavy atom. The van der Waals surface area contributed by atoms with Gasteiger partial charge in [-0.2, -0.15) is 0 Å². The Kier molecular flexibility index (Phi) is 5.47. The first-order valence-corrected chi connectivity index (χ1v) is 10.4. The number of nitrogens with one attached hydrogen (secondary N) is 1. The third-order valence-electron chi connectivity index (χ3n) is 5.50. The van der Waals surface area contributed by atoms with Crippen LogP contribution in [0.4, 0.5) is 11.5 Å². The van der Waals surface area contributed by atoms with Crippen molar-refractivity contribution in [3.05, 3.63) is 41.9 Å². The van der Waals surface area contributed by atoms with E-state index in [2.05, 4.69) is 52.5 Å². The van der Waals surface area contributed by atoms with Gasteiger partial charge in [0.2, 0.25) is 0 Å². The van der Waals surface area contributed by atoms with E-state index >= 15 is 0 Å². The maximum atomic E-state index is 11.2. The van der Waals surface area contributed by atoms with E-state index in [1.807, 2.05) is 25.5 Å². The molecule has 7 nitrogen and oxygen atoms in total. The van der Waals surface area contributed by atoms with Crippen molar-refractivity contribution in [2.24, 2.45) is 0 Å². The van der Waals surface area contributed by atoms with Crippen molar-refractivity contribution >= 4 is 23.4 Å². The minimum Gasteiger partial charge on any atom is -0.388 e. The molecule has 0 amide bonds. The van der Waals surface area contributed by atoms with Crippen molar-refractivity contribution in [1.82, 2.24) is 14.4 Å². The Bertz CT molecular complexity index is 1060. The molecule has 4 rings (SSSR count). The minimum atomic E-state index is -0.157. The molecule has 158 valence electrons. The number of hydrogen-bond acceptors (Lipinski definition) is 6. The summed E-state index contributed by atoms with van der Waals surface area (Å²) in [7, 11) is 1.87. The summed E-state index contributed by atoms with van der Waals surface area (Å²) in [6.45, 7) is 9.53. The van der Waals surface area contributed by atoms with Gasteiger partial charge in [-0.15, -0.1) is 0 Å². The van der Waals surface area contributed by atoms with Gasteiger partial charge in [0.05, 0.1) is 24.6 Å². The number of ether oxygens (including phenoxy) is 1. The van der Waals surface area contributed by atoms with Crippen molar-refractivity contribution in [3.8, 4) is 11.3 Å². The number of fused-ring (bicyclic) bond motifs is 1. The molecule has 0 saturated carbocycles. The molecule has 0 atom stereocenters. The van der Waals surface area contributed by atoms with Crippen molar-refractivity contribution in [2.45, 2.75) is 32.6 Å². The van der Waals surface area contributed by atoms with Crippen LogP contribution in [0.2, 0.25) is 0 Å². The zero-order valence-corrected chi connectivity index (χ0v) is 18.1. The van der Waals surface area contributed by atoms with Gasteiger partial charge in [-0.25, -0.2) is 9.97 Å². The number of anilines is 2. The second-order valence-electron chi connectivity index (χ2n) is 8.60. The normalized spacial score (nSPS) is 14.9. The fraction of sp³-hybridized carbons (Fsp3) is 0.435. The molecule has 0 radical (unpaired) electrons. The van der Waals surface area contributed by atoms with E-state index < -0.39 is 0 Å². The molecule has 2 aromatic heterocycles. The molecule has 3 heterocycles. The first-order chi connectivity index (χ1) is 14.4. The highest BCUT2D eigenvalue weighted by molar-refractivity contribution is 5.77. The van der Waals surface area contributed by atoms with Gasteiger partial charge in [0.1, 0.15) is 6.29 Å². The Labute approximate surface area is 177 Å². The first kappa shape index (κ1) is 20.3. The number of imidazole rings is 1. The fourth-order valence-corrected chi connectivity index (χ4v) is 4.00. The van der Waals surface area contributed by atoms with Crippen LogP contribution in [0.25, 0.3) is 16.9 Å². The molecule has 0 spiro atoms. The first-order valence-electron chi connectivity index (χ1n) is 10.4. The molecular weight excluding hydrogens is 378 g/mol. The lowest BCUT2D eigenvalue weighted by Gasteiger charge is -2.27. The van der Waals surface area contributed by atoms with E-state index in [1.165, 1.54) is 0 Å². The number of rotatable bonds is 5. The molecule has 30 heavy (non-hydrogen) atoms. The lowest BCUT2D eigenvalue weighted by Crippen LogP contribution is -2.37. The largest absolute Gasteiger partial charge is 0.388 e. The maximum absolute atomic E-state index is 11.2. The molecule has 1 N–H and O–H groups in total. The average molecular weight is 408 g/mol. The molecule has 1 fully saturated rings. The van der Waals surface area contributed by atoms with Gasteiger partial charge >= 0.3 is 0 Å². The number of aldehydes is 1. The quantitative estimate of drug-likeness (QED) is 0.654. The molecule has 1 saturated heterocycles. The van der Waals surface area contributed by atoms with Crippen LogP contribution >= 0.6 is 0 Å². The predicted octanol–water partition coefficient (Wildman–Crippen LogP) is 3.31. The second-order valence-corrected chi connectivity index (χ2v) is 8.60. The molecule has 0 bridgehead atoms. The van der Waals surface area contributed by atoms with Crippen LogP contribution < -0.4 is 10.2 Å². The van der Waals surface area contributed by atoms with Crippen LogP contribution in [-0.2, 0) is 21.4 Å². The van der Waals surface area contributed by atoms with Crippen LogP contribution in [0.15, 0.2) is 30.6 Å². The van der Waals surface area contributed by atoms with Gasteiger partial charge in [0.25, 0.3) is 0 Å². The van der Waals surface area contributed by atoms with Crippen molar-refractivity contribution < 1.29 is 9.53 Å². The molecule has 0 unspecified atom stereocenters. The highest BCUT2D eigenvalue weighted by atomic mass is 16.5. The summed E-state index contributed by atoms with van der Waals surface area (Å²) in [4.78, 5) is 23.2. The predicted molar refractivity (Wildman–Crippen MR) is 119 cm³/mol. The second kappa shape index (κ2) is 8.07. The van der Waals surface area contributed by atoms with Crippen molar-refractivity contribution in [3.63, 3.8) is 0 Å². The summed E-state index contributed by atoms with van der Waals surface area (Å²) in [6.07, 6.45) is 5.12. The van der Waals surface area contributed by atoms with E-state index in [0.717, 1.165) is 59.0 Å². The Balaban J connectivity index is 1.95. The van der Waals surface area contributed by atoms with Crippen LogP contribution in [-0.4, -0.2) is 54.0 Å². The topological polar surface area (TPSA) is 71.8 Å². The lowest BCUT2D eigenvalue weighted by molar-refractivity contribution is -0.107. The number of morpholine rings is 1. The maximum Gasteiger partial charge on any atom is 0.181 e. The fourth-order valence-electron chi connectivity index (χ4n) is 4.00. The Morgan fingerprint density at radius 2 is 2.00 bits per heavy atom. The molecule has 1 aliphatic rings. The van der Waals surface area contributed by atoms with Crippen LogP contribution in [0.3, 0.4) is 0 Å². The number of hydrogen-bond donors (Lipinski definition) is 1. The number of carbonyl (C=O) groups is 1. The van der Waals surface area contributed by atoms with Crippen molar-refractivity contribution in [2.75, 3.05) is 43.6 Å². The average Bonchev–Trinajstić information content (AvgIpc) is 3.15. The number of benzene rings is 1. The van der Waals surface area contributed by atoms with Gasteiger partial charge < -0.3 is 19.7 Å². The highest BCUT2D eigenvalue weighted by Crippen LogP contribution is 2.36. The summed E-state index contributed by atoms with van der Waals surface area (Å²) in [5, 5.41) is 3.18. The third kappa shape index (κ3) is 3.65. The minimum absolute atomic E-state index is 0.157. The molecule has 7 heteroatoms. The van der Waals surface area contributed by atoms with Gasteiger partial charge in [0.15, 0.2) is 11.5 Å². The summed E-state index contributed by atoms with van der Waals surface area (Å²) in [5.41, 5.74) is 5.74. The molecule has 0 aliphatic carbocycles. The van der Waals surface area contributed by atoms with Crippen LogP contribution in [0.1, 0.15) is 32.0 Å². The molecular formula is C23H29N5O2. The molecule has 3 aromatic rings. The van der Waals surface area contributed by atoms with E-state index in [0.29, 0.717) is 19.6 Å². The van der Waals surface area contributed by atoms with Crippen molar-refractivity contribution in [1.29, 1.82) is 0 Å². The number of carbonyl (C=O) groups excluding carboxylic acids is 1. The standard InChI is InChI=1S/C23H29N5O2/c1-23(2,3)20-19(17-5-6-18(24-4)16(15-17)7-12-29)28-9-8-25-21(22(28)26-20)27-10-13-30-14-11-27/h5-6,8-9,12,15,24H,7,10-11,13-14H2,1-4H3. The van der Waals surface area contributed by atoms with Gasteiger partial charge in [-0.05, 0) is 17.7 Å². The van der Waals surface area contributed by atoms with Gasteiger partial charge in [0, 0.05) is 55.6 Å².